The van der Waals surface area contributed by atoms with Gasteiger partial charge in [0, 0.05) is 57.9 Å². The predicted molar refractivity (Wildman–Crippen MR) is 85.8 cm³/mol. The van der Waals surface area contributed by atoms with Crippen LogP contribution in [0.5, 0.6) is 0 Å². The lowest BCUT2D eigenvalue weighted by Gasteiger charge is -2.29. The van der Waals surface area contributed by atoms with E-state index in [2.05, 4.69) is 28.4 Å². The predicted octanol–water partition coefficient (Wildman–Crippen LogP) is 0.849. The van der Waals surface area contributed by atoms with Crippen LogP contribution in [0.4, 0.5) is 0 Å². The molecular weight excluding hydrogens is 288 g/mol. The first-order chi connectivity index (χ1) is 9.59. The van der Waals surface area contributed by atoms with E-state index in [0.29, 0.717) is 17.3 Å². The third-order valence-electron chi connectivity index (χ3n) is 4.97. The number of nitrogens with zero attached hydrogens (tertiary/aromatic N) is 3. The van der Waals surface area contributed by atoms with Crippen LogP contribution in [0.15, 0.2) is 12.4 Å². The second kappa shape index (κ2) is 6.65. The van der Waals surface area contributed by atoms with Crippen molar-refractivity contribution in [3.05, 3.63) is 18.0 Å². The van der Waals surface area contributed by atoms with Gasteiger partial charge in [-0.15, -0.1) is 12.4 Å². The summed E-state index contributed by atoms with van der Waals surface area (Å²) in [7, 11) is 1.95. The highest BCUT2D eigenvalue weighted by molar-refractivity contribution is 5.85. The molecule has 0 bridgehead atoms. The Morgan fingerprint density at radius 1 is 1.48 bits per heavy atom. The molecule has 6 heteroatoms. The van der Waals surface area contributed by atoms with Crippen molar-refractivity contribution in [1.82, 2.24) is 20.0 Å². The van der Waals surface area contributed by atoms with Crippen molar-refractivity contribution in [2.45, 2.75) is 19.3 Å². The summed E-state index contributed by atoms with van der Waals surface area (Å²) in [5, 5.41) is 17.4. The van der Waals surface area contributed by atoms with E-state index in [-0.39, 0.29) is 19.0 Å². The molecule has 1 unspecified atom stereocenters. The number of hydrogen-bond donors (Lipinski definition) is 2. The smallest absolute Gasteiger partial charge is 0.0525 e. The Balaban J connectivity index is 0.00000161. The molecule has 0 spiro atoms. The highest BCUT2D eigenvalue weighted by atomic mass is 35.5. The summed E-state index contributed by atoms with van der Waals surface area (Å²) in [4.78, 5) is 2.53. The second-order valence-electron chi connectivity index (χ2n) is 6.93. The molecule has 2 fully saturated rings. The zero-order valence-corrected chi connectivity index (χ0v) is 13.8. The molecule has 2 N–H and O–H groups in total. The minimum Gasteiger partial charge on any atom is -0.396 e. The Labute approximate surface area is 133 Å². The summed E-state index contributed by atoms with van der Waals surface area (Å²) in [6.07, 6.45) is 5.30. The minimum absolute atomic E-state index is 0. The highest BCUT2D eigenvalue weighted by Gasteiger charge is 2.38. The van der Waals surface area contributed by atoms with Crippen molar-refractivity contribution < 1.29 is 5.11 Å². The van der Waals surface area contributed by atoms with Gasteiger partial charge in [0.05, 0.1) is 6.20 Å². The van der Waals surface area contributed by atoms with Crippen molar-refractivity contribution in [3.8, 4) is 0 Å². The number of halogens is 1. The van der Waals surface area contributed by atoms with Gasteiger partial charge < -0.3 is 15.3 Å². The first-order valence-electron chi connectivity index (χ1n) is 7.62. The van der Waals surface area contributed by atoms with E-state index in [9.17, 15) is 5.11 Å². The Kier molecular flexibility index (Phi) is 5.30. The summed E-state index contributed by atoms with van der Waals surface area (Å²) < 4.78 is 1.86. The molecule has 1 aromatic rings. The summed E-state index contributed by atoms with van der Waals surface area (Å²) >= 11 is 0. The Bertz CT molecular complexity index is 458. The molecule has 2 saturated heterocycles. The molecular formula is C15H27ClN4O. The fourth-order valence-electron chi connectivity index (χ4n) is 3.83. The quantitative estimate of drug-likeness (QED) is 0.865. The maximum atomic E-state index is 9.68. The van der Waals surface area contributed by atoms with E-state index < -0.39 is 0 Å². The maximum Gasteiger partial charge on any atom is 0.0525 e. The standard InChI is InChI=1S/C15H26N4O.ClH/c1-15(3-4-16-10-15)11-19-7-13(9-20)14(8-19)12-5-17-18(2)6-12;/h5-6,13-14,16,20H,3-4,7-11H2,1-2H3;1H/t13-,14-,15?;/m0./s1. The molecule has 2 aliphatic rings. The number of aryl methyl sites for hydroxylation is 1. The summed E-state index contributed by atoms with van der Waals surface area (Å²) in [5.41, 5.74) is 1.66. The number of likely N-dealkylation sites (tertiary alicyclic amines) is 1. The molecule has 3 atom stereocenters. The van der Waals surface area contributed by atoms with Crippen LogP contribution >= 0.6 is 12.4 Å². The molecule has 120 valence electrons. The van der Waals surface area contributed by atoms with Gasteiger partial charge >= 0.3 is 0 Å². The third-order valence-corrected chi connectivity index (χ3v) is 4.97. The average Bonchev–Trinajstić information content (AvgIpc) is 3.10. The number of rotatable bonds is 4. The van der Waals surface area contributed by atoms with Crippen LogP contribution in [0, 0.1) is 11.3 Å². The molecule has 2 aliphatic heterocycles. The first kappa shape index (κ1) is 16.7. The van der Waals surface area contributed by atoms with Crippen LogP contribution in [-0.4, -0.2) is 59.1 Å². The van der Waals surface area contributed by atoms with E-state index in [1.54, 1.807) is 0 Å². The first-order valence-corrected chi connectivity index (χ1v) is 7.62. The van der Waals surface area contributed by atoms with Crippen LogP contribution in [0.25, 0.3) is 0 Å². The van der Waals surface area contributed by atoms with E-state index in [0.717, 1.165) is 32.7 Å². The van der Waals surface area contributed by atoms with Gasteiger partial charge in [-0.3, -0.25) is 4.68 Å². The summed E-state index contributed by atoms with van der Waals surface area (Å²) in [5.74, 6) is 0.767. The topological polar surface area (TPSA) is 53.3 Å². The minimum atomic E-state index is 0. The number of aliphatic hydroxyl groups excluding tert-OH is 1. The number of hydrogen-bond acceptors (Lipinski definition) is 4. The average molecular weight is 315 g/mol. The molecule has 0 radical (unpaired) electrons. The molecule has 21 heavy (non-hydrogen) atoms. The van der Waals surface area contributed by atoms with Crippen molar-refractivity contribution in [3.63, 3.8) is 0 Å². The van der Waals surface area contributed by atoms with Gasteiger partial charge in [-0.25, -0.2) is 0 Å². The Morgan fingerprint density at radius 3 is 2.86 bits per heavy atom. The molecule has 3 heterocycles. The zero-order valence-electron chi connectivity index (χ0n) is 13.0. The van der Waals surface area contributed by atoms with Crippen LogP contribution in [0.3, 0.4) is 0 Å². The largest absolute Gasteiger partial charge is 0.396 e. The van der Waals surface area contributed by atoms with E-state index in [1.807, 2.05) is 17.9 Å². The SMILES string of the molecule is Cl.Cn1cc([C@@H]2CN(CC3(C)CCNC3)C[C@H]2CO)cn1. The lowest BCUT2D eigenvalue weighted by molar-refractivity contribution is 0.184. The Morgan fingerprint density at radius 2 is 2.29 bits per heavy atom. The fraction of sp³-hybridized carbons (Fsp3) is 0.800. The maximum absolute atomic E-state index is 9.68. The summed E-state index contributed by atoms with van der Waals surface area (Å²) in [6.45, 7) is 8.08. The van der Waals surface area contributed by atoms with E-state index >= 15 is 0 Å². The molecule has 3 rings (SSSR count). The fourth-order valence-corrected chi connectivity index (χ4v) is 3.83. The van der Waals surface area contributed by atoms with Gasteiger partial charge in [0.25, 0.3) is 0 Å². The summed E-state index contributed by atoms with van der Waals surface area (Å²) in [6, 6.07) is 0. The lowest BCUT2D eigenvalue weighted by atomic mass is 9.89. The zero-order chi connectivity index (χ0) is 14.2. The van der Waals surface area contributed by atoms with E-state index in [4.69, 9.17) is 0 Å². The molecule has 0 aromatic carbocycles. The van der Waals surface area contributed by atoms with E-state index in [1.165, 1.54) is 12.0 Å². The molecule has 0 amide bonds. The van der Waals surface area contributed by atoms with Crippen molar-refractivity contribution in [2.75, 3.05) is 39.3 Å². The number of aromatic nitrogens is 2. The molecule has 5 nitrogen and oxygen atoms in total. The molecule has 1 aromatic heterocycles. The monoisotopic (exact) mass is 314 g/mol. The molecule has 0 saturated carbocycles. The second-order valence-corrected chi connectivity index (χ2v) is 6.93. The van der Waals surface area contributed by atoms with Crippen molar-refractivity contribution in [2.24, 2.45) is 18.4 Å². The third kappa shape index (κ3) is 3.59. The normalized spacial score (nSPS) is 33.3. The van der Waals surface area contributed by atoms with Crippen LogP contribution in [0.2, 0.25) is 0 Å². The van der Waals surface area contributed by atoms with Gasteiger partial charge in [-0.05, 0) is 23.9 Å². The van der Waals surface area contributed by atoms with Gasteiger partial charge in [-0.2, -0.15) is 5.10 Å². The van der Waals surface area contributed by atoms with Gasteiger partial charge in [0.15, 0.2) is 0 Å². The van der Waals surface area contributed by atoms with Crippen LogP contribution in [-0.2, 0) is 7.05 Å². The van der Waals surface area contributed by atoms with Crippen LogP contribution in [0.1, 0.15) is 24.8 Å². The van der Waals surface area contributed by atoms with Gasteiger partial charge in [0.1, 0.15) is 0 Å². The van der Waals surface area contributed by atoms with Crippen LogP contribution < -0.4 is 5.32 Å². The molecule has 0 aliphatic carbocycles. The van der Waals surface area contributed by atoms with Crippen molar-refractivity contribution >= 4 is 12.4 Å². The highest BCUT2D eigenvalue weighted by Crippen LogP contribution is 2.35. The lowest BCUT2D eigenvalue weighted by Crippen LogP contribution is -2.36. The number of aliphatic hydroxyl groups is 1. The van der Waals surface area contributed by atoms with Crippen molar-refractivity contribution in [1.29, 1.82) is 0 Å². The van der Waals surface area contributed by atoms with Gasteiger partial charge in [-0.1, -0.05) is 6.92 Å². The van der Waals surface area contributed by atoms with Gasteiger partial charge in [0.2, 0.25) is 0 Å². The Hall–Kier alpha value is -0.620. The number of nitrogens with one attached hydrogen (secondary N) is 1.